The minimum atomic E-state index is -3.74. The van der Waals surface area contributed by atoms with Crippen LogP contribution in [0, 0.1) is 5.92 Å². The predicted molar refractivity (Wildman–Crippen MR) is 102 cm³/mol. The van der Waals surface area contributed by atoms with E-state index in [0.29, 0.717) is 25.2 Å². The average Bonchev–Trinajstić information content (AvgIpc) is 2.96. The van der Waals surface area contributed by atoms with Crippen LogP contribution in [0.25, 0.3) is 11.1 Å². The molecule has 1 fully saturated rings. The third-order valence-electron chi connectivity index (χ3n) is 5.85. The highest BCUT2D eigenvalue weighted by Crippen LogP contribution is 2.37. The molecule has 1 saturated heterocycles. The Morgan fingerprint density at radius 2 is 1.89 bits per heavy atom. The number of piperidine rings is 1. The summed E-state index contributed by atoms with van der Waals surface area (Å²) in [7, 11) is -2.16. The number of aromatic nitrogens is 2. The van der Waals surface area contributed by atoms with E-state index in [0.717, 1.165) is 12.1 Å². The standard InChI is InChI=1S/C19H19N3O5S/c1-20-16-6-5-14(8-17(16)27-19(20)24)28(25,26)21-9-12-7-13(11-21)15-3-2-4-18(23)22(15)10-12/h2-6,8,12-13H,7,9-11H2,1H3/t12-,13+/m1/s1. The van der Waals surface area contributed by atoms with Gasteiger partial charge in [0.15, 0.2) is 5.58 Å². The van der Waals surface area contributed by atoms with Gasteiger partial charge in [-0.25, -0.2) is 13.2 Å². The molecule has 0 amide bonds. The van der Waals surface area contributed by atoms with Gasteiger partial charge in [0.1, 0.15) is 0 Å². The zero-order chi connectivity index (χ0) is 19.6. The number of hydrogen-bond acceptors (Lipinski definition) is 5. The third-order valence-corrected chi connectivity index (χ3v) is 7.68. The van der Waals surface area contributed by atoms with Crippen LogP contribution in [0.1, 0.15) is 18.0 Å². The Hall–Kier alpha value is -2.65. The van der Waals surface area contributed by atoms with Crippen LogP contribution in [0.3, 0.4) is 0 Å². The molecule has 2 aliphatic rings. The van der Waals surface area contributed by atoms with Gasteiger partial charge >= 0.3 is 5.76 Å². The fourth-order valence-electron chi connectivity index (χ4n) is 4.47. The van der Waals surface area contributed by atoms with Crippen LogP contribution in [-0.4, -0.2) is 34.9 Å². The maximum absolute atomic E-state index is 13.3. The summed E-state index contributed by atoms with van der Waals surface area (Å²) in [5, 5.41) is 0. The van der Waals surface area contributed by atoms with Gasteiger partial charge in [-0.15, -0.1) is 0 Å². The summed E-state index contributed by atoms with van der Waals surface area (Å²) < 4.78 is 36.3. The highest BCUT2D eigenvalue weighted by molar-refractivity contribution is 7.89. The van der Waals surface area contributed by atoms with Crippen molar-refractivity contribution in [3.8, 4) is 0 Å². The van der Waals surface area contributed by atoms with Gasteiger partial charge in [-0.05, 0) is 30.5 Å². The summed E-state index contributed by atoms with van der Waals surface area (Å²) in [6.07, 6.45) is 0.877. The van der Waals surface area contributed by atoms with Crippen LogP contribution in [0.15, 0.2) is 55.3 Å². The molecule has 8 nitrogen and oxygen atoms in total. The van der Waals surface area contributed by atoms with Gasteiger partial charge in [0.05, 0.1) is 10.4 Å². The topological polar surface area (TPSA) is 94.5 Å². The van der Waals surface area contributed by atoms with Gasteiger partial charge in [0.25, 0.3) is 5.56 Å². The lowest BCUT2D eigenvalue weighted by Crippen LogP contribution is -2.48. The molecule has 28 heavy (non-hydrogen) atoms. The van der Waals surface area contributed by atoms with Crippen molar-refractivity contribution in [2.75, 3.05) is 13.1 Å². The number of fused-ring (bicyclic) bond motifs is 5. The van der Waals surface area contributed by atoms with E-state index >= 15 is 0 Å². The maximum Gasteiger partial charge on any atom is 0.419 e. The van der Waals surface area contributed by atoms with Crippen LogP contribution in [-0.2, 0) is 23.6 Å². The van der Waals surface area contributed by atoms with Crippen LogP contribution in [0.2, 0.25) is 0 Å². The van der Waals surface area contributed by atoms with Gasteiger partial charge in [-0.2, -0.15) is 4.31 Å². The number of sulfonamides is 1. The summed E-state index contributed by atoms with van der Waals surface area (Å²) >= 11 is 0. The molecule has 2 bridgehead atoms. The van der Waals surface area contributed by atoms with Crippen molar-refractivity contribution in [2.45, 2.75) is 23.8 Å². The van der Waals surface area contributed by atoms with Crippen molar-refractivity contribution in [1.29, 1.82) is 0 Å². The Morgan fingerprint density at radius 1 is 1.07 bits per heavy atom. The Kier molecular flexibility index (Phi) is 3.69. The van der Waals surface area contributed by atoms with Crippen molar-refractivity contribution < 1.29 is 12.8 Å². The molecule has 9 heteroatoms. The van der Waals surface area contributed by atoms with Gasteiger partial charge in [0, 0.05) is 50.4 Å². The lowest BCUT2D eigenvalue weighted by molar-refractivity contribution is 0.186. The molecule has 4 heterocycles. The molecule has 146 valence electrons. The predicted octanol–water partition coefficient (Wildman–Crippen LogP) is 1.10. The highest BCUT2D eigenvalue weighted by Gasteiger charge is 2.39. The molecule has 0 saturated carbocycles. The average molecular weight is 401 g/mol. The first-order valence-electron chi connectivity index (χ1n) is 9.14. The summed E-state index contributed by atoms with van der Waals surface area (Å²) in [4.78, 5) is 23.9. The van der Waals surface area contributed by atoms with E-state index in [4.69, 9.17) is 4.42 Å². The van der Waals surface area contributed by atoms with Gasteiger partial charge in [-0.1, -0.05) is 6.07 Å². The minimum absolute atomic E-state index is 0.00503. The fourth-order valence-corrected chi connectivity index (χ4v) is 6.05. The second-order valence-corrected chi connectivity index (χ2v) is 9.51. The number of benzene rings is 1. The Bertz CT molecular complexity index is 1320. The van der Waals surface area contributed by atoms with Crippen LogP contribution in [0.4, 0.5) is 0 Å². The molecule has 2 aliphatic heterocycles. The van der Waals surface area contributed by atoms with E-state index in [1.165, 1.54) is 21.0 Å². The molecule has 0 spiro atoms. The molecule has 3 aromatic rings. The lowest BCUT2D eigenvalue weighted by atomic mass is 9.84. The van der Waals surface area contributed by atoms with Crippen molar-refractivity contribution in [3.05, 3.63) is 63.0 Å². The van der Waals surface area contributed by atoms with Gasteiger partial charge in [0.2, 0.25) is 10.0 Å². The van der Waals surface area contributed by atoms with Crippen molar-refractivity contribution in [3.63, 3.8) is 0 Å². The molecule has 0 N–H and O–H groups in total. The van der Waals surface area contributed by atoms with Crippen molar-refractivity contribution >= 4 is 21.1 Å². The fraction of sp³-hybridized carbons (Fsp3) is 0.368. The smallest absolute Gasteiger partial charge is 0.408 e. The van der Waals surface area contributed by atoms with Crippen molar-refractivity contribution in [1.82, 2.24) is 13.4 Å². The second kappa shape index (κ2) is 5.92. The van der Waals surface area contributed by atoms with E-state index in [1.54, 1.807) is 29.8 Å². The Labute approximate surface area is 160 Å². The van der Waals surface area contributed by atoms with Crippen molar-refractivity contribution in [2.24, 2.45) is 13.0 Å². The van der Waals surface area contributed by atoms with E-state index in [-0.39, 0.29) is 27.9 Å². The molecule has 5 rings (SSSR count). The van der Waals surface area contributed by atoms with E-state index in [9.17, 15) is 18.0 Å². The first-order chi connectivity index (χ1) is 13.3. The van der Waals surface area contributed by atoms with Gasteiger partial charge in [-0.3, -0.25) is 9.36 Å². The Balaban J connectivity index is 1.53. The first kappa shape index (κ1) is 17.4. The summed E-state index contributed by atoms with van der Waals surface area (Å²) in [5.41, 5.74) is 1.66. The molecule has 1 aromatic carbocycles. The molecule has 2 aromatic heterocycles. The molecule has 0 aliphatic carbocycles. The minimum Gasteiger partial charge on any atom is -0.408 e. The molecule has 0 radical (unpaired) electrons. The number of aryl methyl sites for hydroxylation is 1. The first-order valence-corrected chi connectivity index (χ1v) is 10.6. The molecule has 2 atom stereocenters. The quantitative estimate of drug-likeness (QED) is 0.641. The zero-order valence-electron chi connectivity index (χ0n) is 15.2. The third kappa shape index (κ3) is 2.50. The van der Waals surface area contributed by atoms with Crippen LogP contribution in [0.5, 0.6) is 0 Å². The van der Waals surface area contributed by atoms with E-state index < -0.39 is 15.8 Å². The largest absolute Gasteiger partial charge is 0.419 e. The summed E-state index contributed by atoms with van der Waals surface area (Å²) in [6, 6.07) is 9.69. The number of pyridine rings is 1. The zero-order valence-corrected chi connectivity index (χ0v) is 16.1. The number of rotatable bonds is 2. The van der Waals surface area contributed by atoms with E-state index in [2.05, 4.69) is 0 Å². The van der Waals surface area contributed by atoms with Crippen LogP contribution < -0.4 is 11.3 Å². The molecular weight excluding hydrogens is 382 g/mol. The second-order valence-electron chi connectivity index (χ2n) is 7.58. The summed E-state index contributed by atoms with van der Waals surface area (Å²) in [5.74, 6) is -0.437. The summed E-state index contributed by atoms with van der Waals surface area (Å²) in [6.45, 7) is 1.24. The highest BCUT2D eigenvalue weighted by atomic mass is 32.2. The van der Waals surface area contributed by atoms with Gasteiger partial charge < -0.3 is 8.98 Å². The number of hydrogen-bond donors (Lipinski definition) is 0. The SMILES string of the molecule is Cn1c(=O)oc2cc(S(=O)(=O)N3C[C@H]4C[C@@H](C3)c3cccc(=O)n3C4)ccc21. The normalized spacial score (nSPS) is 22.3. The van der Waals surface area contributed by atoms with E-state index in [1.807, 2.05) is 6.07 Å². The maximum atomic E-state index is 13.3. The lowest BCUT2D eigenvalue weighted by Gasteiger charge is -2.42. The monoisotopic (exact) mass is 401 g/mol. The molecular formula is C19H19N3O5S. The number of nitrogens with zero attached hydrogens (tertiary/aromatic N) is 3. The van der Waals surface area contributed by atoms with Crippen LogP contribution >= 0.6 is 0 Å². The number of oxazole rings is 1. The molecule has 0 unspecified atom stereocenters. The Morgan fingerprint density at radius 3 is 2.71 bits per heavy atom.